The predicted molar refractivity (Wildman–Crippen MR) is 92.5 cm³/mol. The van der Waals surface area contributed by atoms with Crippen LogP contribution in [0, 0.1) is 0 Å². The molecular weight excluding hydrogens is 404 g/mol. The molecule has 0 spiro atoms. The Balaban J connectivity index is 2.00. The molecule has 23 heavy (non-hydrogen) atoms. The summed E-state index contributed by atoms with van der Waals surface area (Å²) in [5.41, 5.74) is 0.254. The summed E-state index contributed by atoms with van der Waals surface area (Å²) in [6.45, 7) is 0. The molecular formula is C15H8BrClN2O3S. The number of amides is 4. The standard InChI is InChI=1S/C15H8BrClN2O3S/c16-8-1-3-9(4-2-8)19-14(21)11(13(20)18-15(19)22)7-10-5-6-12(17)23-10/h1-7H,(H,18,20,22)/b11-7+. The van der Waals surface area contributed by atoms with Crippen molar-refractivity contribution >= 4 is 68.5 Å². The number of urea groups is 1. The van der Waals surface area contributed by atoms with Gasteiger partial charge in [-0.2, -0.15) is 0 Å². The molecule has 1 N–H and O–H groups in total. The number of nitrogens with zero attached hydrogens (tertiary/aromatic N) is 1. The molecule has 8 heteroatoms. The number of hydrogen-bond donors (Lipinski definition) is 1. The third kappa shape index (κ3) is 3.21. The molecule has 116 valence electrons. The first-order chi connectivity index (χ1) is 11.0. The van der Waals surface area contributed by atoms with Gasteiger partial charge in [0.25, 0.3) is 11.8 Å². The normalized spacial score (nSPS) is 16.9. The van der Waals surface area contributed by atoms with E-state index in [0.717, 1.165) is 9.37 Å². The lowest BCUT2D eigenvalue weighted by molar-refractivity contribution is -0.122. The molecule has 0 saturated carbocycles. The first-order valence-corrected chi connectivity index (χ1v) is 8.37. The van der Waals surface area contributed by atoms with Gasteiger partial charge < -0.3 is 0 Å². The Morgan fingerprint density at radius 1 is 1.09 bits per heavy atom. The van der Waals surface area contributed by atoms with Gasteiger partial charge in [-0.15, -0.1) is 11.3 Å². The van der Waals surface area contributed by atoms with Gasteiger partial charge in [0.15, 0.2) is 0 Å². The first-order valence-electron chi connectivity index (χ1n) is 6.38. The lowest BCUT2D eigenvalue weighted by Gasteiger charge is -2.26. The van der Waals surface area contributed by atoms with Crippen LogP contribution < -0.4 is 10.2 Å². The maximum atomic E-state index is 12.6. The number of carbonyl (C=O) groups is 3. The van der Waals surface area contributed by atoms with Crippen LogP contribution >= 0.6 is 38.9 Å². The fourth-order valence-corrected chi connectivity index (χ4v) is 3.30. The summed E-state index contributed by atoms with van der Waals surface area (Å²) in [6, 6.07) is 9.21. The molecule has 1 aliphatic heterocycles. The SMILES string of the molecule is O=C1NC(=O)N(c2ccc(Br)cc2)C(=O)/C1=C/c1ccc(Cl)s1. The number of benzene rings is 1. The molecule has 0 unspecified atom stereocenters. The Kier molecular flexibility index (Phi) is 4.34. The summed E-state index contributed by atoms with van der Waals surface area (Å²) in [7, 11) is 0. The van der Waals surface area contributed by atoms with Gasteiger partial charge in [0.1, 0.15) is 5.57 Å². The number of hydrogen-bond acceptors (Lipinski definition) is 4. The average Bonchev–Trinajstić information content (AvgIpc) is 2.91. The molecule has 1 aromatic carbocycles. The Morgan fingerprint density at radius 3 is 2.39 bits per heavy atom. The highest BCUT2D eigenvalue weighted by Crippen LogP contribution is 2.27. The Hall–Kier alpha value is -1.96. The number of nitrogens with one attached hydrogen (secondary N) is 1. The largest absolute Gasteiger partial charge is 0.335 e. The van der Waals surface area contributed by atoms with Crippen molar-refractivity contribution in [3.63, 3.8) is 0 Å². The van der Waals surface area contributed by atoms with Crippen LogP contribution in [0.15, 0.2) is 46.4 Å². The molecule has 1 fully saturated rings. The second-order valence-corrected chi connectivity index (χ2v) is 7.24. The lowest BCUT2D eigenvalue weighted by atomic mass is 10.1. The number of anilines is 1. The van der Waals surface area contributed by atoms with Crippen LogP contribution in [0.25, 0.3) is 6.08 Å². The highest BCUT2D eigenvalue weighted by molar-refractivity contribution is 9.10. The second-order valence-electron chi connectivity index (χ2n) is 4.58. The maximum Gasteiger partial charge on any atom is 0.335 e. The van der Waals surface area contributed by atoms with Crippen molar-refractivity contribution in [3.8, 4) is 0 Å². The van der Waals surface area contributed by atoms with E-state index >= 15 is 0 Å². The minimum atomic E-state index is -0.774. The lowest BCUT2D eigenvalue weighted by Crippen LogP contribution is -2.54. The third-order valence-corrected chi connectivity index (χ3v) is 4.77. The second kappa shape index (κ2) is 6.27. The van der Waals surface area contributed by atoms with Gasteiger partial charge in [0.2, 0.25) is 0 Å². The highest BCUT2D eigenvalue weighted by atomic mass is 79.9. The molecule has 1 saturated heterocycles. The Bertz CT molecular complexity index is 845. The summed E-state index contributed by atoms with van der Waals surface area (Å²) in [4.78, 5) is 38.1. The molecule has 0 radical (unpaired) electrons. The van der Waals surface area contributed by atoms with E-state index in [2.05, 4.69) is 21.2 Å². The molecule has 0 atom stereocenters. The number of rotatable bonds is 2. The first kappa shape index (κ1) is 15.9. The average molecular weight is 412 g/mol. The fourth-order valence-electron chi connectivity index (χ4n) is 2.03. The summed E-state index contributed by atoms with van der Waals surface area (Å²) < 4.78 is 1.35. The summed E-state index contributed by atoms with van der Waals surface area (Å²) in [5, 5.41) is 2.17. The van der Waals surface area contributed by atoms with Crippen molar-refractivity contribution in [2.75, 3.05) is 4.90 Å². The van der Waals surface area contributed by atoms with E-state index < -0.39 is 17.8 Å². The number of halogens is 2. The van der Waals surface area contributed by atoms with Gasteiger partial charge in [-0.05, 0) is 42.5 Å². The van der Waals surface area contributed by atoms with E-state index in [0.29, 0.717) is 14.9 Å². The molecule has 0 aliphatic carbocycles. The van der Waals surface area contributed by atoms with E-state index in [1.165, 1.54) is 17.4 Å². The minimum absolute atomic E-state index is 0.119. The maximum absolute atomic E-state index is 12.6. The van der Waals surface area contributed by atoms with E-state index in [1.807, 2.05) is 0 Å². The minimum Gasteiger partial charge on any atom is -0.273 e. The Labute approximate surface area is 148 Å². The zero-order valence-corrected chi connectivity index (χ0v) is 14.5. The molecule has 5 nitrogen and oxygen atoms in total. The summed E-state index contributed by atoms with van der Waals surface area (Å²) in [6.07, 6.45) is 1.42. The number of barbiturate groups is 1. The summed E-state index contributed by atoms with van der Waals surface area (Å²) in [5.74, 6) is -1.40. The van der Waals surface area contributed by atoms with Crippen molar-refractivity contribution < 1.29 is 14.4 Å². The molecule has 3 rings (SSSR count). The summed E-state index contributed by atoms with van der Waals surface area (Å²) >= 11 is 10.4. The van der Waals surface area contributed by atoms with Gasteiger partial charge in [-0.25, -0.2) is 9.69 Å². The van der Waals surface area contributed by atoms with Crippen LogP contribution in [0.2, 0.25) is 4.34 Å². The number of thiophene rings is 1. The molecule has 4 amide bonds. The molecule has 2 heterocycles. The molecule has 2 aromatic rings. The van der Waals surface area contributed by atoms with Gasteiger partial charge in [-0.1, -0.05) is 27.5 Å². The van der Waals surface area contributed by atoms with E-state index in [-0.39, 0.29) is 5.57 Å². The quantitative estimate of drug-likeness (QED) is 0.603. The fraction of sp³-hybridized carbons (Fsp3) is 0. The van der Waals surface area contributed by atoms with Crippen molar-refractivity contribution in [3.05, 3.63) is 55.7 Å². The van der Waals surface area contributed by atoms with Crippen LogP contribution in [-0.4, -0.2) is 17.8 Å². The van der Waals surface area contributed by atoms with Crippen LogP contribution in [0.5, 0.6) is 0 Å². The third-order valence-electron chi connectivity index (χ3n) is 3.07. The molecule has 0 bridgehead atoms. The molecule has 1 aromatic heterocycles. The van der Waals surface area contributed by atoms with Gasteiger partial charge >= 0.3 is 6.03 Å². The van der Waals surface area contributed by atoms with E-state index in [1.54, 1.807) is 36.4 Å². The van der Waals surface area contributed by atoms with Crippen LogP contribution in [0.1, 0.15) is 4.88 Å². The van der Waals surface area contributed by atoms with Crippen molar-refractivity contribution in [1.29, 1.82) is 0 Å². The topological polar surface area (TPSA) is 66.5 Å². The number of imide groups is 2. The van der Waals surface area contributed by atoms with E-state index in [4.69, 9.17) is 11.6 Å². The van der Waals surface area contributed by atoms with Crippen LogP contribution in [0.4, 0.5) is 10.5 Å². The van der Waals surface area contributed by atoms with Crippen molar-refractivity contribution in [2.24, 2.45) is 0 Å². The molecule has 1 aliphatic rings. The predicted octanol–water partition coefficient (Wildman–Crippen LogP) is 3.83. The van der Waals surface area contributed by atoms with Gasteiger partial charge in [0.05, 0.1) is 10.0 Å². The van der Waals surface area contributed by atoms with Gasteiger partial charge in [-0.3, -0.25) is 14.9 Å². The van der Waals surface area contributed by atoms with E-state index in [9.17, 15) is 14.4 Å². The van der Waals surface area contributed by atoms with Crippen molar-refractivity contribution in [1.82, 2.24) is 5.32 Å². The zero-order chi connectivity index (χ0) is 16.6. The van der Waals surface area contributed by atoms with Crippen LogP contribution in [0.3, 0.4) is 0 Å². The highest BCUT2D eigenvalue weighted by Gasteiger charge is 2.36. The number of carbonyl (C=O) groups excluding carboxylic acids is 3. The van der Waals surface area contributed by atoms with Gasteiger partial charge in [0, 0.05) is 9.35 Å². The Morgan fingerprint density at radius 2 is 1.78 bits per heavy atom. The van der Waals surface area contributed by atoms with Crippen molar-refractivity contribution in [2.45, 2.75) is 0 Å². The van der Waals surface area contributed by atoms with Crippen LogP contribution in [-0.2, 0) is 9.59 Å². The zero-order valence-electron chi connectivity index (χ0n) is 11.4. The monoisotopic (exact) mass is 410 g/mol. The smallest absolute Gasteiger partial charge is 0.273 e.